The van der Waals surface area contributed by atoms with Crippen molar-refractivity contribution in [3.05, 3.63) is 59.7 Å². The van der Waals surface area contributed by atoms with Gasteiger partial charge in [0.2, 0.25) is 5.91 Å². The molecule has 1 aliphatic rings. The van der Waals surface area contributed by atoms with Crippen LogP contribution in [0.2, 0.25) is 0 Å². The van der Waals surface area contributed by atoms with Crippen molar-refractivity contribution in [3.63, 3.8) is 0 Å². The molecule has 0 aromatic heterocycles. The second-order valence-corrected chi connectivity index (χ2v) is 7.98. The summed E-state index contributed by atoms with van der Waals surface area (Å²) in [5.74, 6) is 0.377. The molecule has 2 amide bonds. The van der Waals surface area contributed by atoms with Crippen molar-refractivity contribution >= 4 is 17.5 Å². The Hall–Kier alpha value is -3.06. The number of hydrogen-bond acceptors (Lipinski definition) is 5. The van der Waals surface area contributed by atoms with Crippen molar-refractivity contribution < 1.29 is 14.3 Å². The number of hydrogen-bond donors (Lipinski definition) is 2. The molecular weight excluding hydrogens is 404 g/mol. The monoisotopic (exact) mass is 438 g/mol. The number of rotatable bonds is 10. The highest BCUT2D eigenvalue weighted by molar-refractivity contribution is 5.96. The lowest BCUT2D eigenvalue weighted by Crippen LogP contribution is -2.45. The normalized spacial score (nSPS) is 14.1. The molecule has 1 fully saturated rings. The molecular formula is C25H34N4O3. The number of likely N-dealkylation sites (N-methyl/N-ethyl adjacent to an activating group) is 1. The van der Waals surface area contributed by atoms with Crippen LogP contribution in [-0.4, -0.2) is 63.1 Å². The first-order chi connectivity index (χ1) is 15.6. The van der Waals surface area contributed by atoms with E-state index in [-0.39, 0.29) is 11.8 Å². The topological polar surface area (TPSA) is 73.9 Å². The van der Waals surface area contributed by atoms with Crippen LogP contribution in [0.3, 0.4) is 0 Å². The number of amides is 2. The molecule has 172 valence electrons. The zero-order valence-electron chi connectivity index (χ0n) is 19.1. The summed E-state index contributed by atoms with van der Waals surface area (Å²) >= 11 is 0. The molecule has 2 aromatic rings. The van der Waals surface area contributed by atoms with Gasteiger partial charge in [-0.15, -0.1) is 0 Å². The standard InChI is InChI=1S/C25H34N4O3/c1-3-32-23-12-7-5-10-21(23)25(31)26-14-8-13-24(30)27-19-20-9-4-6-11-22(20)29-17-15-28(2)16-18-29/h4-7,9-12H,3,8,13-19H2,1-2H3,(H,26,31)(H,27,30). The van der Waals surface area contributed by atoms with Crippen LogP contribution in [0.15, 0.2) is 48.5 Å². The Morgan fingerprint density at radius 2 is 1.69 bits per heavy atom. The number of ether oxygens (including phenoxy) is 1. The molecule has 2 N–H and O–H groups in total. The quantitative estimate of drug-likeness (QED) is 0.558. The second-order valence-electron chi connectivity index (χ2n) is 7.98. The number of carbonyl (C=O) groups is 2. The van der Waals surface area contributed by atoms with Gasteiger partial charge in [-0.1, -0.05) is 30.3 Å². The molecule has 1 heterocycles. The van der Waals surface area contributed by atoms with Crippen LogP contribution >= 0.6 is 0 Å². The smallest absolute Gasteiger partial charge is 0.255 e. The van der Waals surface area contributed by atoms with Crippen LogP contribution in [0.5, 0.6) is 5.75 Å². The molecule has 32 heavy (non-hydrogen) atoms. The highest BCUT2D eigenvalue weighted by atomic mass is 16.5. The largest absolute Gasteiger partial charge is 0.493 e. The van der Waals surface area contributed by atoms with E-state index >= 15 is 0 Å². The summed E-state index contributed by atoms with van der Waals surface area (Å²) in [6, 6.07) is 15.4. The van der Waals surface area contributed by atoms with Gasteiger partial charge in [-0.3, -0.25) is 9.59 Å². The van der Waals surface area contributed by atoms with Crippen LogP contribution in [0.1, 0.15) is 35.7 Å². The predicted molar refractivity (Wildman–Crippen MR) is 127 cm³/mol. The van der Waals surface area contributed by atoms with Crippen molar-refractivity contribution in [2.75, 3.05) is 51.3 Å². The van der Waals surface area contributed by atoms with Gasteiger partial charge >= 0.3 is 0 Å². The van der Waals surface area contributed by atoms with Crippen LogP contribution in [0, 0.1) is 0 Å². The summed E-state index contributed by atoms with van der Waals surface area (Å²) in [7, 11) is 2.14. The molecule has 3 rings (SSSR count). The molecule has 0 atom stereocenters. The van der Waals surface area contributed by atoms with Gasteiger partial charge in [-0.2, -0.15) is 0 Å². The third kappa shape index (κ3) is 6.72. The minimum absolute atomic E-state index is 0.0119. The van der Waals surface area contributed by atoms with Gasteiger partial charge in [-0.25, -0.2) is 0 Å². The van der Waals surface area contributed by atoms with Gasteiger partial charge in [-0.05, 0) is 44.2 Å². The van der Waals surface area contributed by atoms with E-state index in [1.165, 1.54) is 5.69 Å². The minimum Gasteiger partial charge on any atom is -0.493 e. The fraction of sp³-hybridized carbons (Fsp3) is 0.440. The van der Waals surface area contributed by atoms with E-state index in [0.717, 1.165) is 31.7 Å². The van der Waals surface area contributed by atoms with Crippen molar-refractivity contribution in [1.29, 1.82) is 0 Å². The van der Waals surface area contributed by atoms with Crippen LogP contribution < -0.4 is 20.3 Å². The SMILES string of the molecule is CCOc1ccccc1C(=O)NCCCC(=O)NCc1ccccc1N1CCN(C)CC1. The van der Waals surface area contributed by atoms with Crippen molar-refractivity contribution in [2.24, 2.45) is 0 Å². The molecule has 1 aliphatic heterocycles. The molecule has 0 unspecified atom stereocenters. The van der Waals surface area contributed by atoms with Gasteiger partial charge < -0.3 is 25.2 Å². The van der Waals surface area contributed by atoms with E-state index in [1.54, 1.807) is 12.1 Å². The van der Waals surface area contributed by atoms with Crippen LogP contribution in [-0.2, 0) is 11.3 Å². The van der Waals surface area contributed by atoms with Crippen LogP contribution in [0.25, 0.3) is 0 Å². The number of nitrogens with one attached hydrogen (secondary N) is 2. The van der Waals surface area contributed by atoms with Gasteiger partial charge in [0.15, 0.2) is 0 Å². The molecule has 7 heteroatoms. The Morgan fingerprint density at radius 1 is 0.969 bits per heavy atom. The predicted octanol–water partition coefficient (Wildman–Crippen LogP) is 2.66. The molecule has 0 radical (unpaired) electrons. The number of carbonyl (C=O) groups excluding carboxylic acids is 2. The highest BCUT2D eigenvalue weighted by Crippen LogP contribution is 2.21. The Bertz CT molecular complexity index is 894. The lowest BCUT2D eigenvalue weighted by atomic mass is 10.1. The number of anilines is 1. The maximum absolute atomic E-state index is 12.4. The van der Waals surface area contributed by atoms with Crippen molar-refractivity contribution in [2.45, 2.75) is 26.3 Å². The average molecular weight is 439 g/mol. The summed E-state index contributed by atoms with van der Waals surface area (Å²) in [5, 5.41) is 5.90. The van der Waals surface area contributed by atoms with E-state index in [4.69, 9.17) is 4.74 Å². The summed E-state index contributed by atoms with van der Waals surface area (Å²) in [6.45, 7) is 7.41. The van der Waals surface area contributed by atoms with Crippen LogP contribution in [0.4, 0.5) is 5.69 Å². The van der Waals surface area contributed by atoms with E-state index < -0.39 is 0 Å². The summed E-state index contributed by atoms with van der Waals surface area (Å²) in [4.78, 5) is 29.5. The fourth-order valence-electron chi connectivity index (χ4n) is 3.78. The summed E-state index contributed by atoms with van der Waals surface area (Å²) < 4.78 is 5.50. The second kappa shape index (κ2) is 12.1. The Balaban J connectivity index is 1.41. The minimum atomic E-state index is -0.185. The molecule has 1 saturated heterocycles. The average Bonchev–Trinajstić information content (AvgIpc) is 2.82. The molecule has 7 nitrogen and oxygen atoms in total. The Morgan fingerprint density at radius 3 is 2.47 bits per heavy atom. The Labute approximate surface area is 190 Å². The maximum Gasteiger partial charge on any atom is 0.255 e. The van der Waals surface area contributed by atoms with Gasteiger partial charge in [0.1, 0.15) is 5.75 Å². The third-order valence-corrected chi connectivity index (χ3v) is 5.61. The molecule has 0 aliphatic carbocycles. The first-order valence-electron chi connectivity index (χ1n) is 11.4. The van der Waals surface area contributed by atoms with E-state index in [1.807, 2.05) is 31.2 Å². The number of nitrogens with zero attached hydrogens (tertiary/aromatic N) is 2. The molecule has 0 saturated carbocycles. The lowest BCUT2D eigenvalue weighted by Gasteiger charge is -2.35. The van der Waals surface area contributed by atoms with E-state index in [0.29, 0.717) is 43.9 Å². The van der Waals surface area contributed by atoms with Gasteiger partial charge in [0, 0.05) is 51.4 Å². The summed E-state index contributed by atoms with van der Waals surface area (Å²) in [6.07, 6.45) is 0.943. The lowest BCUT2D eigenvalue weighted by molar-refractivity contribution is -0.121. The van der Waals surface area contributed by atoms with Gasteiger partial charge in [0.25, 0.3) is 5.91 Å². The molecule has 2 aromatic carbocycles. The first kappa shape index (κ1) is 23.6. The zero-order valence-corrected chi connectivity index (χ0v) is 19.1. The summed E-state index contributed by atoms with van der Waals surface area (Å²) in [5.41, 5.74) is 2.84. The maximum atomic E-state index is 12.4. The first-order valence-corrected chi connectivity index (χ1v) is 11.4. The van der Waals surface area contributed by atoms with Crippen molar-refractivity contribution in [3.8, 4) is 5.75 Å². The highest BCUT2D eigenvalue weighted by Gasteiger charge is 2.17. The Kier molecular flexibility index (Phi) is 8.92. The molecule has 0 bridgehead atoms. The number of benzene rings is 2. The van der Waals surface area contributed by atoms with E-state index in [9.17, 15) is 9.59 Å². The van der Waals surface area contributed by atoms with Crippen molar-refractivity contribution in [1.82, 2.24) is 15.5 Å². The number of para-hydroxylation sites is 2. The van der Waals surface area contributed by atoms with E-state index in [2.05, 4.69) is 39.6 Å². The van der Waals surface area contributed by atoms with Gasteiger partial charge in [0.05, 0.1) is 12.2 Å². The zero-order chi connectivity index (χ0) is 22.8. The third-order valence-electron chi connectivity index (χ3n) is 5.61. The fourth-order valence-corrected chi connectivity index (χ4v) is 3.78. The molecule has 0 spiro atoms. The number of piperazine rings is 1.